The number of phosphoric acid groups is 1. The van der Waals surface area contributed by atoms with Crippen molar-refractivity contribution in [2.45, 2.75) is 206 Å². The SMILES string of the molecule is CCCCCCCCCCCCCCCCCCCCC(=O)OC[C@@H](COP(=O)(O)OCCN)OC(=O)CCCCCCCCCCC. The molecule has 0 amide bonds. The van der Waals surface area contributed by atoms with E-state index in [4.69, 9.17) is 24.3 Å². The van der Waals surface area contributed by atoms with E-state index in [0.717, 1.165) is 32.1 Å². The maximum atomic E-state index is 12.5. The van der Waals surface area contributed by atoms with Gasteiger partial charge < -0.3 is 20.1 Å². The summed E-state index contributed by atoms with van der Waals surface area (Å²) in [6.07, 6.45) is 32.8. The second-order valence-corrected chi connectivity index (χ2v) is 15.0. The number of carbonyl (C=O) groups is 2. The summed E-state index contributed by atoms with van der Waals surface area (Å²) in [7, 11) is -4.36. The number of phosphoric ester groups is 1. The van der Waals surface area contributed by atoms with Crippen molar-refractivity contribution in [3.63, 3.8) is 0 Å². The van der Waals surface area contributed by atoms with Crippen LogP contribution in [-0.4, -0.2) is 49.3 Å². The normalized spacial score (nSPS) is 13.3. The lowest BCUT2D eigenvalue weighted by Crippen LogP contribution is -2.29. The average Bonchev–Trinajstić information content (AvgIpc) is 3.07. The topological polar surface area (TPSA) is 134 Å². The van der Waals surface area contributed by atoms with Gasteiger partial charge in [0.05, 0.1) is 13.2 Å². The number of rotatable bonds is 38. The summed E-state index contributed by atoms with van der Waals surface area (Å²) in [4.78, 5) is 34.6. The number of hydrogen-bond acceptors (Lipinski definition) is 8. The first-order valence-corrected chi connectivity index (χ1v) is 21.5. The van der Waals surface area contributed by atoms with Crippen LogP contribution in [0, 0.1) is 0 Å². The molecule has 1 unspecified atom stereocenters. The van der Waals surface area contributed by atoms with E-state index < -0.39 is 26.5 Å². The molecule has 0 spiro atoms. The van der Waals surface area contributed by atoms with Crippen molar-refractivity contribution in [1.29, 1.82) is 0 Å². The Bertz CT molecular complexity index is 769. The molecule has 9 nitrogen and oxygen atoms in total. The van der Waals surface area contributed by atoms with Crippen molar-refractivity contribution >= 4 is 19.8 Å². The molecule has 0 saturated carbocycles. The Morgan fingerprint density at radius 2 is 0.896 bits per heavy atom. The van der Waals surface area contributed by atoms with Gasteiger partial charge in [0.15, 0.2) is 6.10 Å². The lowest BCUT2D eigenvalue weighted by molar-refractivity contribution is -0.161. The van der Waals surface area contributed by atoms with Gasteiger partial charge in [0, 0.05) is 19.4 Å². The summed E-state index contributed by atoms with van der Waals surface area (Å²) >= 11 is 0. The van der Waals surface area contributed by atoms with Gasteiger partial charge in [-0.1, -0.05) is 174 Å². The van der Waals surface area contributed by atoms with E-state index in [1.165, 1.54) is 135 Å². The molecule has 0 fully saturated rings. The van der Waals surface area contributed by atoms with Crippen LogP contribution < -0.4 is 5.73 Å². The highest BCUT2D eigenvalue weighted by Crippen LogP contribution is 2.43. The smallest absolute Gasteiger partial charge is 0.462 e. The molecule has 0 aromatic carbocycles. The quantitative estimate of drug-likeness (QED) is 0.0365. The molecule has 0 rings (SSSR count). The molecule has 3 N–H and O–H groups in total. The molecule has 10 heteroatoms. The zero-order valence-electron chi connectivity index (χ0n) is 31.2. The van der Waals surface area contributed by atoms with E-state index in [1.54, 1.807) is 0 Å². The van der Waals surface area contributed by atoms with Crippen LogP contribution in [-0.2, 0) is 32.7 Å². The summed E-state index contributed by atoms with van der Waals surface area (Å²) in [5.74, 6) is -0.820. The molecule has 48 heavy (non-hydrogen) atoms. The van der Waals surface area contributed by atoms with Gasteiger partial charge in [-0.05, 0) is 12.8 Å². The predicted octanol–water partition coefficient (Wildman–Crippen LogP) is 10.9. The van der Waals surface area contributed by atoms with Crippen LogP contribution in [0.1, 0.15) is 200 Å². The molecule has 0 aromatic heterocycles. The molecule has 0 heterocycles. The van der Waals surface area contributed by atoms with Gasteiger partial charge in [0.2, 0.25) is 0 Å². The number of hydrogen-bond donors (Lipinski definition) is 2. The van der Waals surface area contributed by atoms with Crippen LogP contribution in [0.15, 0.2) is 0 Å². The Hall–Kier alpha value is -0.990. The molecule has 0 bridgehead atoms. The largest absolute Gasteiger partial charge is 0.472 e. The van der Waals surface area contributed by atoms with E-state index >= 15 is 0 Å². The number of unbranched alkanes of at least 4 members (excludes halogenated alkanes) is 25. The maximum Gasteiger partial charge on any atom is 0.472 e. The van der Waals surface area contributed by atoms with Gasteiger partial charge in [-0.15, -0.1) is 0 Å². The predicted molar refractivity (Wildman–Crippen MR) is 197 cm³/mol. The van der Waals surface area contributed by atoms with Crippen LogP contribution >= 0.6 is 7.82 Å². The van der Waals surface area contributed by atoms with Crippen molar-refractivity contribution in [3.05, 3.63) is 0 Å². The van der Waals surface area contributed by atoms with Gasteiger partial charge in [0.1, 0.15) is 6.61 Å². The van der Waals surface area contributed by atoms with Crippen molar-refractivity contribution in [2.75, 3.05) is 26.4 Å². The molecule has 0 aliphatic rings. The minimum Gasteiger partial charge on any atom is -0.462 e. The fraction of sp³-hybridized carbons (Fsp3) is 0.947. The molecule has 0 aliphatic heterocycles. The number of carbonyl (C=O) groups excluding carboxylic acids is 2. The minimum atomic E-state index is -4.36. The fourth-order valence-electron chi connectivity index (χ4n) is 5.75. The first kappa shape index (κ1) is 47.0. The van der Waals surface area contributed by atoms with Crippen LogP contribution in [0.3, 0.4) is 0 Å². The van der Waals surface area contributed by atoms with Gasteiger partial charge in [-0.2, -0.15) is 0 Å². The summed E-state index contributed by atoms with van der Waals surface area (Å²) in [6, 6.07) is 0. The summed E-state index contributed by atoms with van der Waals surface area (Å²) in [6.45, 7) is 3.73. The van der Waals surface area contributed by atoms with E-state index in [1.807, 2.05) is 0 Å². The van der Waals surface area contributed by atoms with E-state index in [0.29, 0.717) is 6.42 Å². The van der Waals surface area contributed by atoms with Crippen molar-refractivity contribution in [2.24, 2.45) is 5.73 Å². The summed E-state index contributed by atoms with van der Waals surface area (Å²) in [5.41, 5.74) is 5.33. The van der Waals surface area contributed by atoms with E-state index in [-0.39, 0.29) is 38.6 Å². The zero-order valence-corrected chi connectivity index (χ0v) is 32.1. The lowest BCUT2D eigenvalue weighted by Gasteiger charge is -2.19. The Kier molecular flexibility index (Phi) is 35.1. The molecular weight excluding hydrogens is 629 g/mol. The third-order valence-corrected chi connectivity index (χ3v) is 9.73. The highest BCUT2D eigenvalue weighted by atomic mass is 31.2. The number of esters is 2. The third kappa shape index (κ3) is 34.9. The Balaban J connectivity index is 4.06. The van der Waals surface area contributed by atoms with E-state index in [2.05, 4.69) is 13.8 Å². The Morgan fingerprint density at radius 3 is 1.27 bits per heavy atom. The van der Waals surface area contributed by atoms with Gasteiger partial charge in [-0.3, -0.25) is 18.6 Å². The van der Waals surface area contributed by atoms with Crippen LogP contribution in [0.2, 0.25) is 0 Å². The molecular formula is C38H76NO8P. The second-order valence-electron chi connectivity index (χ2n) is 13.5. The first-order valence-electron chi connectivity index (χ1n) is 20.0. The summed E-state index contributed by atoms with van der Waals surface area (Å²) < 4.78 is 32.6. The van der Waals surface area contributed by atoms with Crippen LogP contribution in [0.25, 0.3) is 0 Å². The molecule has 0 saturated heterocycles. The average molecular weight is 706 g/mol. The lowest BCUT2D eigenvalue weighted by atomic mass is 10.0. The molecule has 286 valence electrons. The van der Waals surface area contributed by atoms with Crippen molar-refractivity contribution in [3.8, 4) is 0 Å². The van der Waals surface area contributed by atoms with E-state index in [9.17, 15) is 19.0 Å². The summed E-state index contributed by atoms with van der Waals surface area (Å²) in [5, 5.41) is 0. The third-order valence-electron chi connectivity index (χ3n) is 8.74. The van der Waals surface area contributed by atoms with Gasteiger partial charge in [-0.25, -0.2) is 4.57 Å². The second kappa shape index (κ2) is 35.8. The molecule has 2 atom stereocenters. The van der Waals surface area contributed by atoms with Gasteiger partial charge >= 0.3 is 19.8 Å². The first-order chi connectivity index (χ1) is 23.3. The highest BCUT2D eigenvalue weighted by molar-refractivity contribution is 7.47. The minimum absolute atomic E-state index is 0.0577. The molecule has 0 aromatic rings. The number of nitrogens with two attached hydrogens (primary N) is 1. The molecule has 0 radical (unpaired) electrons. The van der Waals surface area contributed by atoms with Gasteiger partial charge in [0.25, 0.3) is 0 Å². The molecule has 0 aliphatic carbocycles. The number of ether oxygens (including phenoxy) is 2. The monoisotopic (exact) mass is 706 g/mol. The fourth-order valence-corrected chi connectivity index (χ4v) is 6.52. The van der Waals surface area contributed by atoms with Crippen molar-refractivity contribution < 1.29 is 37.6 Å². The standard InChI is InChI=1S/C38H76NO8P/c1-3-5-7-9-11-13-14-15-16-17-18-19-20-21-23-24-26-28-30-37(40)44-34-36(35-46-48(42,43)45-33-32-39)47-38(41)31-29-27-25-22-12-10-8-6-4-2/h36H,3-35,39H2,1-2H3,(H,42,43)/t36-/m0/s1. The maximum absolute atomic E-state index is 12.5. The Morgan fingerprint density at radius 1 is 0.542 bits per heavy atom. The van der Waals surface area contributed by atoms with Crippen LogP contribution in [0.5, 0.6) is 0 Å². The Labute approximate surface area is 295 Å². The highest BCUT2D eigenvalue weighted by Gasteiger charge is 2.26. The van der Waals surface area contributed by atoms with Crippen molar-refractivity contribution in [1.82, 2.24) is 0 Å². The zero-order chi connectivity index (χ0) is 35.4. The van der Waals surface area contributed by atoms with Crippen LogP contribution in [0.4, 0.5) is 0 Å².